The number of hydrogen-bond donors (Lipinski definition) is 3. The van der Waals surface area contributed by atoms with Gasteiger partial charge in [-0.2, -0.15) is 0 Å². The normalized spacial score (nSPS) is 16.6. The molecule has 0 aromatic heterocycles. The van der Waals surface area contributed by atoms with Crippen molar-refractivity contribution in [1.82, 2.24) is 4.90 Å². The van der Waals surface area contributed by atoms with E-state index in [1.807, 2.05) is 13.0 Å². The number of rotatable bonds is 4. The lowest BCUT2D eigenvalue weighted by Gasteiger charge is -2.30. The largest absolute Gasteiger partial charge is 0.478 e. The molecule has 1 atom stereocenters. The molecule has 0 bridgehead atoms. The summed E-state index contributed by atoms with van der Waals surface area (Å²) in [7, 11) is 0. The molecular formula is C21H22F2N2O4. The Balaban J connectivity index is 2.04. The number of hydrogen-bond acceptors (Lipinski definition) is 4. The van der Waals surface area contributed by atoms with Crippen molar-refractivity contribution >= 4 is 23.3 Å². The van der Waals surface area contributed by atoms with Gasteiger partial charge in [0.25, 0.3) is 5.91 Å². The third-order valence-electron chi connectivity index (χ3n) is 4.99. The monoisotopic (exact) mass is 404 g/mol. The summed E-state index contributed by atoms with van der Waals surface area (Å²) in [4.78, 5) is 25.6. The molecule has 154 valence electrons. The summed E-state index contributed by atoms with van der Waals surface area (Å²) in [5, 5.41) is 21.9. The van der Waals surface area contributed by atoms with Gasteiger partial charge in [-0.15, -0.1) is 0 Å². The summed E-state index contributed by atoms with van der Waals surface area (Å²) in [6.07, 6.45) is 0.291. The molecule has 8 heteroatoms. The second-order valence-electron chi connectivity index (χ2n) is 7.27. The van der Waals surface area contributed by atoms with Gasteiger partial charge in [0.15, 0.2) is 11.6 Å². The highest BCUT2D eigenvalue weighted by Crippen LogP contribution is 2.31. The van der Waals surface area contributed by atoms with Gasteiger partial charge in [0.2, 0.25) is 0 Å². The molecule has 0 saturated carbocycles. The number of piperidine rings is 1. The van der Waals surface area contributed by atoms with Gasteiger partial charge in [-0.25, -0.2) is 13.6 Å². The second-order valence-corrected chi connectivity index (χ2v) is 7.27. The number of carboxylic acid groups (broad SMARTS) is 1. The van der Waals surface area contributed by atoms with Crippen LogP contribution in [0.25, 0.3) is 0 Å². The van der Waals surface area contributed by atoms with E-state index in [1.54, 1.807) is 19.1 Å². The van der Waals surface area contributed by atoms with Gasteiger partial charge < -0.3 is 20.4 Å². The summed E-state index contributed by atoms with van der Waals surface area (Å²) in [6, 6.07) is 6.05. The van der Waals surface area contributed by atoms with Crippen molar-refractivity contribution in [3.63, 3.8) is 0 Å². The van der Waals surface area contributed by atoms with E-state index in [0.29, 0.717) is 18.5 Å². The molecule has 1 saturated heterocycles. The van der Waals surface area contributed by atoms with Crippen LogP contribution in [0.5, 0.6) is 0 Å². The standard InChI is InChI=1S/C21H22F2N2O4/c1-11-5-6-16(12(2)8-11)24-19-15(21(28)29)9-14(17(22)18(19)23)20(27)25-7-3-4-13(26)10-25/h5-6,8-9,13,24,26H,3-4,7,10H2,1-2H3,(H,28,29). The maximum Gasteiger partial charge on any atom is 0.337 e. The number of nitrogens with one attached hydrogen (secondary N) is 1. The van der Waals surface area contributed by atoms with Crippen molar-refractivity contribution in [1.29, 1.82) is 0 Å². The van der Waals surface area contributed by atoms with E-state index >= 15 is 0 Å². The highest BCUT2D eigenvalue weighted by atomic mass is 19.2. The number of aromatic carboxylic acids is 1. The quantitative estimate of drug-likeness (QED) is 0.724. The topological polar surface area (TPSA) is 89.9 Å². The van der Waals surface area contributed by atoms with Crippen LogP contribution in [-0.2, 0) is 0 Å². The molecule has 1 amide bonds. The number of aliphatic hydroxyl groups excluding tert-OH is 1. The van der Waals surface area contributed by atoms with Crippen LogP contribution in [0.4, 0.5) is 20.2 Å². The van der Waals surface area contributed by atoms with Gasteiger partial charge in [-0.1, -0.05) is 17.7 Å². The van der Waals surface area contributed by atoms with Crippen LogP contribution in [0, 0.1) is 25.5 Å². The number of amides is 1. The number of halogens is 2. The van der Waals surface area contributed by atoms with E-state index in [1.165, 1.54) is 4.90 Å². The molecule has 0 aliphatic carbocycles. The minimum atomic E-state index is -1.50. The summed E-state index contributed by atoms with van der Waals surface area (Å²) < 4.78 is 29.6. The number of carbonyl (C=O) groups excluding carboxylic acids is 1. The first-order valence-corrected chi connectivity index (χ1v) is 9.26. The SMILES string of the molecule is Cc1ccc(Nc2c(C(=O)O)cc(C(=O)N3CCCC(O)C3)c(F)c2F)c(C)c1. The van der Waals surface area contributed by atoms with Crippen molar-refractivity contribution in [2.75, 3.05) is 18.4 Å². The minimum absolute atomic E-state index is 0.00907. The van der Waals surface area contributed by atoms with E-state index in [4.69, 9.17) is 0 Å². The zero-order chi connectivity index (χ0) is 21.3. The fraction of sp³-hybridized carbons (Fsp3) is 0.333. The van der Waals surface area contributed by atoms with Crippen LogP contribution in [0.15, 0.2) is 24.3 Å². The van der Waals surface area contributed by atoms with Crippen molar-refractivity contribution in [3.05, 3.63) is 58.2 Å². The number of aliphatic hydroxyl groups is 1. The van der Waals surface area contributed by atoms with Crippen molar-refractivity contribution < 1.29 is 28.6 Å². The molecule has 0 spiro atoms. The van der Waals surface area contributed by atoms with Crippen LogP contribution in [0.3, 0.4) is 0 Å². The Hall–Kier alpha value is -3.00. The molecule has 0 radical (unpaired) electrons. The number of nitrogens with zero attached hydrogens (tertiary/aromatic N) is 1. The summed E-state index contributed by atoms with van der Waals surface area (Å²) in [5.41, 5.74) is 0.350. The van der Waals surface area contributed by atoms with Crippen LogP contribution in [-0.4, -0.2) is 46.2 Å². The highest BCUT2D eigenvalue weighted by Gasteiger charge is 2.30. The van der Waals surface area contributed by atoms with Crippen LogP contribution < -0.4 is 5.32 Å². The lowest BCUT2D eigenvalue weighted by atomic mass is 10.0. The van der Waals surface area contributed by atoms with E-state index in [9.17, 15) is 28.6 Å². The maximum absolute atomic E-state index is 14.9. The highest BCUT2D eigenvalue weighted by molar-refractivity contribution is 6.01. The van der Waals surface area contributed by atoms with E-state index < -0.39 is 46.4 Å². The van der Waals surface area contributed by atoms with E-state index in [0.717, 1.165) is 17.2 Å². The van der Waals surface area contributed by atoms with Gasteiger partial charge in [-0.3, -0.25) is 4.79 Å². The average molecular weight is 404 g/mol. The number of likely N-dealkylation sites (tertiary alicyclic amines) is 1. The lowest BCUT2D eigenvalue weighted by Crippen LogP contribution is -2.42. The Labute approximate surface area is 166 Å². The number of carbonyl (C=O) groups is 2. The van der Waals surface area contributed by atoms with Crippen molar-refractivity contribution in [2.45, 2.75) is 32.8 Å². The van der Waals surface area contributed by atoms with Crippen LogP contribution >= 0.6 is 0 Å². The zero-order valence-electron chi connectivity index (χ0n) is 16.1. The summed E-state index contributed by atoms with van der Waals surface area (Å²) in [5.74, 6) is -5.21. The first-order valence-electron chi connectivity index (χ1n) is 9.26. The van der Waals surface area contributed by atoms with Gasteiger partial charge in [0.05, 0.1) is 22.9 Å². The van der Waals surface area contributed by atoms with E-state index in [2.05, 4.69) is 5.32 Å². The Kier molecular flexibility index (Phi) is 5.83. The third-order valence-corrected chi connectivity index (χ3v) is 4.99. The smallest absolute Gasteiger partial charge is 0.337 e. The van der Waals surface area contributed by atoms with Crippen LogP contribution in [0.1, 0.15) is 44.7 Å². The molecule has 29 heavy (non-hydrogen) atoms. The predicted molar refractivity (Wildman–Crippen MR) is 104 cm³/mol. The fourth-order valence-electron chi connectivity index (χ4n) is 3.47. The van der Waals surface area contributed by atoms with Crippen molar-refractivity contribution in [2.24, 2.45) is 0 Å². The summed E-state index contributed by atoms with van der Waals surface area (Å²) in [6.45, 7) is 3.90. The molecule has 1 heterocycles. The average Bonchev–Trinajstić information content (AvgIpc) is 2.66. The van der Waals surface area contributed by atoms with Crippen LogP contribution in [0.2, 0.25) is 0 Å². The molecule has 2 aromatic rings. The Morgan fingerprint density at radius 3 is 2.48 bits per heavy atom. The van der Waals surface area contributed by atoms with Gasteiger partial charge in [0.1, 0.15) is 0 Å². The third kappa shape index (κ3) is 4.22. The molecule has 2 aromatic carbocycles. The molecule has 6 nitrogen and oxygen atoms in total. The van der Waals surface area contributed by atoms with Gasteiger partial charge in [-0.05, 0) is 44.4 Å². The second kappa shape index (κ2) is 8.16. The zero-order valence-corrected chi connectivity index (χ0v) is 16.1. The van der Waals surface area contributed by atoms with Crippen molar-refractivity contribution in [3.8, 4) is 0 Å². The maximum atomic E-state index is 14.9. The number of benzene rings is 2. The Bertz CT molecular complexity index is 978. The Morgan fingerprint density at radius 1 is 1.14 bits per heavy atom. The first-order chi connectivity index (χ1) is 13.7. The number of anilines is 2. The Morgan fingerprint density at radius 2 is 1.86 bits per heavy atom. The summed E-state index contributed by atoms with van der Waals surface area (Å²) >= 11 is 0. The molecule has 3 rings (SSSR count). The minimum Gasteiger partial charge on any atom is -0.478 e. The molecule has 1 fully saturated rings. The molecule has 1 aliphatic rings. The lowest BCUT2D eigenvalue weighted by molar-refractivity contribution is 0.0469. The number of β-amino-alcohol motifs (C(OH)–C–C–N with tert-alkyl or cyclic N) is 1. The fourth-order valence-corrected chi connectivity index (χ4v) is 3.47. The number of aryl methyl sites for hydroxylation is 2. The first kappa shape index (κ1) is 20.7. The molecule has 3 N–H and O–H groups in total. The number of carboxylic acids is 1. The molecular weight excluding hydrogens is 382 g/mol. The van der Waals surface area contributed by atoms with E-state index in [-0.39, 0.29) is 13.1 Å². The predicted octanol–water partition coefficient (Wildman–Crippen LogP) is 3.62. The molecule has 1 aliphatic heterocycles. The van der Waals surface area contributed by atoms with Gasteiger partial charge >= 0.3 is 5.97 Å². The molecule has 1 unspecified atom stereocenters. The van der Waals surface area contributed by atoms with Gasteiger partial charge in [0, 0.05) is 18.8 Å².